The Morgan fingerprint density at radius 2 is 2.09 bits per heavy atom. The Morgan fingerprint density at radius 3 is 2.64 bits per heavy atom. The number of halogens is 1. The van der Waals surface area contributed by atoms with Crippen molar-refractivity contribution >= 4 is 24.1 Å². The molecule has 1 aromatic carbocycles. The molecule has 0 fully saturated rings. The molecule has 2 radical (unpaired) electrons. The summed E-state index contributed by atoms with van der Waals surface area (Å²) in [6.07, 6.45) is 3.77. The van der Waals surface area contributed by atoms with E-state index >= 15 is 0 Å². The zero-order chi connectivity index (χ0) is 8.27. The molecule has 0 spiro atoms. The molecule has 0 saturated carbocycles. The first-order valence-electron chi connectivity index (χ1n) is 2.88. The molecule has 0 aromatic heterocycles. The molecule has 0 aliphatic carbocycles. The fourth-order valence-corrected chi connectivity index (χ4v) is 0.881. The average molecular weight is 166 g/mol. The molecule has 0 amide bonds. The second kappa shape index (κ2) is 3.30. The summed E-state index contributed by atoms with van der Waals surface area (Å²) in [5.74, 6) is 0. The van der Waals surface area contributed by atoms with Crippen LogP contribution in [0.25, 0.3) is 0 Å². The van der Waals surface area contributed by atoms with Crippen LogP contribution in [0.15, 0.2) is 18.2 Å². The summed E-state index contributed by atoms with van der Waals surface area (Å²) in [7, 11) is 0. The van der Waals surface area contributed by atoms with E-state index in [1.807, 2.05) is 0 Å². The Hall–Kier alpha value is -1.15. The van der Waals surface area contributed by atoms with Gasteiger partial charge in [0.15, 0.2) is 0 Å². The second-order valence-corrected chi connectivity index (χ2v) is 2.35. The van der Waals surface area contributed by atoms with Crippen LogP contribution in [0.1, 0.15) is 11.1 Å². The zero-order valence-electron chi connectivity index (χ0n) is 5.52. The van der Waals surface area contributed by atoms with Crippen LogP contribution in [0.3, 0.4) is 0 Å². The van der Waals surface area contributed by atoms with E-state index in [2.05, 4.69) is 6.21 Å². The van der Waals surface area contributed by atoms with E-state index in [0.29, 0.717) is 16.1 Å². The van der Waals surface area contributed by atoms with Crippen molar-refractivity contribution in [2.24, 2.45) is 0 Å². The third-order valence-corrected chi connectivity index (χ3v) is 1.46. The molecule has 3 heteroatoms. The van der Waals surface area contributed by atoms with Gasteiger partial charge in [0, 0.05) is 16.1 Å². The lowest BCUT2D eigenvalue weighted by atomic mass is 10.1. The van der Waals surface area contributed by atoms with Crippen LogP contribution in [0, 0.1) is 5.41 Å². The maximum atomic E-state index is 10.2. The van der Waals surface area contributed by atoms with Gasteiger partial charge in [-0.15, -0.1) is 0 Å². The molecule has 0 aliphatic rings. The Kier molecular flexibility index (Phi) is 2.39. The third-order valence-electron chi connectivity index (χ3n) is 1.23. The van der Waals surface area contributed by atoms with Crippen molar-refractivity contribution in [1.29, 1.82) is 5.41 Å². The molecule has 2 nitrogen and oxygen atoms in total. The highest BCUT2D eigenvalue weighted by molar-refractivity contribution is 6.31. The molecule has 1 N–H and O–H groups in total. The molecular weight excluding hydrogens is 162 g/mol. The lowest BCUT2D eigenvalue weighted by Gasteiger charge is -1.95. The van der Waals surface area contributed by atoms with Crippen LogP contribution in [0.5, 0.6) is 0 Å². The van der Waals surface area contributed by atoms with E-state index in [9.17, 15) is 4.79 Å². The number of rotatable bonds is 2. The first kappa shape index (κ1) is 7.95. The van der Waals surface area contributed by atoms with Crippen LogP contribution in [-0.2, 0) is 4.79 Å². The van der Waals surface area contributed by atoms with E-state index in [0.717, 1.165) is 0 Å². The van der Waals surface area contributed by atoms with E-state index in [1.165, 1.54) is 12.1 Å². The highest BCUT2D eigenvalue weighted by atomic mass is 35.5. The highest BCUT2D eigenvalue weighted by Gasteiger charge is 1.99. The summed E-state index contributed by atoms with van der Waals surface area (Å²) in [6.45, 7) is 0. The molecule has 54 valence electrons. The normalized spacial score (nSPS) is 9.18. The van der Waals surface area contributed by atoms with Gasteiger partial charge < -0.3 is 0 Å². The molecule has 0 saturated heterocycles. The predicted octanol–water partition coefficient (Wildman–Crippen LogP) is 1.67. The smallest absolute Gasteiger partial charge is 0.234 e. The quantitative estimate of drug-likeness (QED) is 0.666. The molecule has 11 heavy (non-hydrogen) atoms. The molecule has 0 aliphatic heterocycles. The van der Waals surface area contributed by atoms with Gasteiger partial charge in [-0.3, -0.25) is 10.2 Å². The van der Waals surface area contributed by atoms with Gasteiger partial charge >= 0.3 is 0 Å². The molecule has 0 unspecified atom stereocenters. The summed E-state index contributed by atoms with van der Waals surface area (Å²) in [5.41, 5.74) is 0.678. The lowest BCUT2D eigenvalue weighted by Crippen LogP contribution is -1.89. The number of nitrogens with one attached hydrogen (secondary N) is 1. The molecule has 0 atom stereocenters. The first-order chi connectivity index (χ1) is 5.27. The topological polar surface area (TPSA) is 40.9 Å². The fourth-order valence-electron chi connectivity index (χ4n) is 0.709. The van der Waals surface area contributed by atoms with Crippen molar-refractivity contribution < 1.29 is 4.79 Å². The number of hydrogen-bond acceptors (Lipinski definition) is 2. The van der Waals surface area contributed by atoms with E-state index in [1.54, 1.807) is 12.4 Å². The Labute approximate surface area is 69.3 Å². The zero-order valence-corrected chi connectivity index (χ0v) is 6.27. The van der Waals surface area contributed by atoms with Gasteiger partial charge in [0.2, 0.25) is 6.29 Å². The van der Waals surface area contributed by atoms with Crippen molar-refractivity contribution in [2.45, 2.75) is 0 Å². The standard InChI is InChI=1S/C8H4ClNO/c9-8-2-1-6(5-11)7(3-8)4-10/h1-3,10H. The van der Waals surface area contributed by atoms with E-state index < -0.39 is 0 Å². The largest absolute Gasteiger partial charge is 0.298 e. The van der Waals surface area contributed by atoms with Crippen LogP contribution in [0.2, 0.25) is 5.02 Å². The minimum Gasteiger partial charge on any atom is -0.298 e. The van der Waals surface area contributed by atoms with Crippen LogP contribution >= 0.6 is 11.6 Å². The Balaban J connectivity index is 3.26. The van der Waals surface area contributed by atoms with Gasteiger partial charge in [0.1, 0.15) is 0 Å². The molecule has 1 rings (SSSR count). The van der Waals surface area contributed by atoms with Gasteiger partial charge in [-0.1, -0.05) is 11.6 Å². The minimum atomic E-state index is 0.310. The minimum absolute atomic E-state index is 0.310. The average Bonchev–Trinajstić information content (AvgIpc) is 2.04. The highest BCUT2D eigenvalue weighted by Crippen LogP contribution is 2.12. The van der Waals surface area contributed by atoms with Crippen LogP contribution < -0.4 is 0 Å². The maximum absolute atomic E-state index is 10.2. The molecule has 1 aromatic rings. The van der Waals surface area contributed by atoms with Crippen LogP contribution in [0.4, 0.5) is 0 Å². The van der Waals surface area contributed by atoms with Gasteiger partial charge in [0.25, 0.3) is 0 Å². The summed E-state index contributed by atoms with van der Waals surface area (Å²) in [5, 5.41) is 7.28. The molecule has 0 heterocycles. The van der Waals surface area contributed by atoms with Gasteiger partial charge in [-0.05, 0) is 18.2 Å². The lowest BCUT2D eigenvalue weighted by molar-refractivity contribution is 0.562. The Bertz CT molecular complexity index is 296. The third kappa shape index (κ3) is 1.65. The Morgan fingerprint density at radius 1 is 1.36 bits per heavy atom. The molecule has 0 bridgehead atoms. The summed E-state index contributed by atoms with van der Waals surface area (Å²) >= 11 is 5.60. The number of carbonyl (C=O) groups excluding carboxylic acids is 1. The van der Waals surface area contributed by atoms with E-state index in [4.69, 9.17) is 17.0 Å². The summed E-state index contributed by atoms with van der Waals surface area (Å²) < 4.78 is 0. The first-order valence-corrected chi connectivity index (χ1v) is 3.26. The summed E-state index contributed by atoms with van der Waals surface area (Å²) in [4.78, 5) is 10.2. The van der Waals surface area contributed by atoms with Gasteiger partial charge in [-0.2, -0.15) is 0 Å². The summed E-state index contributed by atoms with van der Waals surface area (Å²) in [6, 6.07) is 4.57. The van der Waals surface area contributed by atoms with Gasteiger partial charge in [-0.25, -0.2) is 0 Å². The van der Waals surface area contributed by atoms with Crippen molar-refractivity contribution in [2.75, 3.05) is 0 Å². The molecular formula is C8H4ClNO. The monoisotopic (exact) mass is 165 g/mol. The van der Waals surface area contributed by atoms with Crippen molar-refractivity contribution in [3.63, 3.8) is 0 Å². The van der Waals surface area contributed by atoms with Crippen molar-refractivity contribution in [1.82, 2.24) is 0 Å². The second-order valence-electron chi connectivity index (χ2n) is 1.92. The van der Waals surface area contributed by atoms with Crippen molar-refractivity contribution in [3.8, 4) is 0 Å². The van der Waals surface area contributed by atoms with Crippen LogP contribution in [-0.4, -0.2) is 12.5 Å². The predicted molar refractivity (Wildman–Crippen MR) is 43.1 cm³/mol. The van der Waals surface area contributed by atoms with Gasteiger partial charge in [0.05, 0.1) is 6.21 Å². The SMILES string of the molecule is N=[C]c1cc(Cl)ccc1[C]=O. The number of hydrogen-bond donors (Lipinski definition) is 1. The fraction of sp³-hybridized carbons (Fsp3) is 0. The van der Waals surface area contributed by atoms with E-state index in [-0.39, 0.29) is 0 Å². The maximum Gasteiger partial charge on any atom is 0.234 e. The van der Waals surface area contributed by atoms with Crippen molar-refractivity contribution in [3.05, 3.63) is 34.3 Å². The number of benzene rings is 1.